The van der Waals surface area contributed by atoms with Crippen molar-refractivity contribution in [3.05, 3.63) is 35.9 Å². The second-order valence-corrected chi connectivity index (χ2v) is 4.84. The van der Waals surface area contributed by atoms with Gasteiger partial charge in [0.15, 0.2) is 0 Å². The van der Waals surface area contributed by atoms with E-state index in [9.17, 15) is 9.59 Å². The van der Waals surface area contributed by atoms with Crippen molar-refractivity contribution in [2.75, 3.05) is 19.6 Å². The average molecular weight is 276 g/mol. The Hall–Kier alpha value is -1.84. The maximum Gasteiger partial charge on any atom is 0.220 e. The lowest BCUT2D eigenvalue weighted by atomic mass is 10.1. The standard InChI is InChI=1S/C16H24N2O2/c1-3-7-16(20)17-11-13-18(14(2)19)12-10-15-8-5-4-6-9-15/h4-6,8-9H,3,7,10-13H2,1-2H3,(H,17,20). The molecule has 0 radical (unpaired) electrons. The predicted octanol–water partition coefficient (Wildman–Crippen LogP) is 1.99. The van der Waals surface area contributed by atoms with Crippen LogP contribution in [-0.2, 0) is 16.0 Å². The highest BCUT2D eigenvalue weighted by Crippen LogP contribution is 2.01. The summed E-state index contributed by atoms with van der Waals surface area (Å²) in [6.45, 7) is 5.31. The second-order valence-electron chi connectivity index (χ2n) is 4.84. The summed E-state index contributed by atoms with van der Waals surface area (Å²) in [5, 5.41) is 2.83. The van der Waals surface area contributed by atoms with E-state index in [1.807, 2.05) is 25.1 Å². The highest BCUT2D eigenvalue weighted by Gasteiger charge is 2.09. The lowest BCUT2D eigenvalue weighted by Crippen LogP contribution is -2.38. The Bertz CT molecular complexity index is 418. The number of rotatable bonds is 8. The normalized spacial score (nSPS) is 10.1. The van der Waals surface area contributed by atoms with Crippen LogP contribution in [-0.4, -0.2) is 36.3 Å². The van der Waals surface area contributed by atoms with Gasteiger partial charge in [0.05, 0.1) is 0 Å². The Morgan fingerprint density at radius 2 is 1.85 bits per heavy atom. The molecule has 2 amide bonds. The maximum absolute atomic E-state index is 11.6. The fourth-order valence-electron chi connectivity index (χ4n) is 1.98. The van der Waals surface area contributed by atoms with Gasteiger partial charge in [-0.1, -0.05) is 37.3 Å². The van der Waals surface area contributed by atoms with Gasteiger partial charge in [0.2, 0.25) is 11.8 Å². The van der Waals surface area contributed by atoms with Crippen LogP contribution < -0.4 is 5.32 Å². The molecule has 0 aliphatic heterocycles. The molecule has 1 aromatic rings. The molecule has 0 atom stereocenters. The molecule has 1 N–H and O–H groups in total. The van der Waals surface area contributed by atoms with Gasteiger partial charge in [0.25, 0.3) is 0 Å². The fraction of sp³-hybridized carbons (Fsp3) is 0.500. The molecule has 0 heterocycles. The zero-order chi connectivity index (χ0) is 14.8. The summed E-state index contributed by atoms with van der Waals surface area (Å²) in [5.74, 6) is 0.102. The Labute approximate surface area is 121 Å². The first-order chi connectivity index (χ1) is 9.63. The largest absolute Gasteiger partial charge is 0.354 e. The number of nitrogens with one attached hydrogen (secondary N) is 1. The summed E-state index contributed by atoms with van der Waals surface area (Å²) in [4.78, 5) is 24.7. The van der Waals surface area contributed by atoms with Crippen molar-refractivity contribution in [3.8, 4) is 0 Å². The number of hydrogen-bond acceptors (Lipinski definition) is 2. The molecule has 0 bridgehead atoms. The summed E-state index contributed by atoms with van der Waals surface area (Å²) in [7, 11) is 0. The van der Waals surface area contributed by atoms with Gasteiger partial charge in [-0.25, -0.2) is 0 Å². The van der Waals surface area contributed by atoms with E-state index in [0.29, 0.717) is 26.1 Å². The molecule has 0 aromatic heterocycles. The topological polar surface area (TPSA) is 49.4 Å². The van der Waals surface area contributed by atoms with Gasteiger partial charge in [0.1, 0.15) is 0 Å². The smallest absolute Gasteiger partial charge is 0.220 e. The highest BCUT2D eigenvalue weighted by molar-refractivity contribution is 5.76. The minimum atomic E-state index is 0.0469. The van der Waals surface area contributed by atoms with Crippen molar-refractivity contribution < 1.29 is 9.59 Å². The fourth-order valence-corrected chi connectivity index (χ4v) is 1.98. The Balaban J connectivity index is 2.33. The molecule has 4 heteroatoms. The van der Waals surface area contributed by atoms with Crippen LogP contribution in [0.4, 0.5) is 0 Å². The zero-order valence-corrected chi connectivity index (χ0v) is 12.4. The Kier molecular flexibility index (Phi) is 7.40. The van der Waals surface area contributed by atoms with Gasteiger partial charge in [-0.05, 0) is 18.4 Å². The predicted molar refractivity (Wildman–Crippen MR) is 80.3 cm³/mol. The molecule has 0 aliphatic carbocycles. The summed E-state index contributed by atoms with van der Waals surface area (Å²) in [6.07, 6.45) is 2.23. The lowest BCUT2D eigenvalue weighted by molar-refractivity contribution is -0.129. The number of nitrogens with zero attached hydrogens (tertiary/aromatic N) is 1. The van der Waals surface area contributed by atoms with E-state index >= 15 is 0 Å². The molecule has 20 heavy (non-hydrogen) atoms. The average Bonchev–Trinajstić information content (AvgIpc) is 2.43. The minimum Gasteiger partial charge on any atom is -0.354 e. The van der Waals surface area contributed by atoms with E-state index in [1.54, 1.807) is 11.8 Å². The maximum atomic E-state index is 11.6. The van der Waals surface area contributed by atoms with Crippen molar-refractivity contribution in [1.82, 2.24) is 10.2 Å². The van der Waals surface area contributed by atoms with Crippen molar-refractivity contribution in [2.24, 2.45) is 0 Å². The molecule has 0 aliphatic rings. The van der Waals surface area contributed by atoms with Crippen molar-refractivity contribution >= 4 is 11.8 Å². The molecule has 4 nitrogen and oxygen atoms in total. The highest BCUT2D eigenvalue weighted by atomic mass is 16.2. The SMILES string of the molecule is CCCC(=O)NCCN(CCc1ccccc1)C(C)=O. The molecule has 0 spiro atoms. The molecule has 1 aromatic carbocycles. The van der Waals surface area contributed by atoms with Crippen LogP contribution in [0.25, 0.3) is 0 Å². The molecule has 1 rings (SSSR count). The van der Waals surface area contributed by atoms with Gasteiger partial charge < -0.3 is 10.2 Å². The number of carbonyl (C=O) groups excluding carboxylic acids is 2. The Morgan fingerprint density at radius 3 is 2.45 bits per heavy atom. The van der Waals surface area contributed by atoms with E-state index in [-0.39, 0.29) is 11.8 Å². The van der Waals surface area contributed by atoms with E-state index < -0.39 is 0 Å². The molecule has 0 fully saturated rings. The molecular weight excluding hydrogens is 252 g/mol. The van der Waals surface area contributed by atoms with Crippen molar-refractivity contribution in [2.45, 2.75) is 33.1 Å². The van der Waals surface area contributed by atoms with Crippen molar-refractivity contribution in [3.63, 3.8) is 0 Å². The van der Waals surface area contributed by atoms with Gasteiger partial charge in [0, 0.05) is 33.0 Å². The number of hydrogen-bond donors (Lipinski definition) is 1. The Morgan fingerprint density at radius 1 is 1.15 bits per heavy atom. The lowest BCUT2D eigenvalue weighted by Gasteiger charge is -2.21. The van der Waals surface area contributed by atoms with Crippen LogP contribution in [0.3, 0.4) is 0 Å². The number of benzene rings is 1. The third-order valence-corrected chi connectivity index (χ3v) is 3.14. The van der Waals surface area contributed by atoms with Gasteiger partial charge in [-0.2, -0.15) is 0 Å². The first-order valence-electron chi connectivity index (χ1n) is 7.19. The molecule has 0 saturated carbocycles. The van der Waals surface area contributed by atoms with Gasteiger partial charge in [-0.15, -0.1) is 0 Å². The molecular formula is C16H24N2O2. The van der Waals surface area contributed by atoms with Crippen LogP contribution in [0, 0.1) is 0 Å². The van der Waals surface area contributed by atoms with Crippen LogP contribution >= 0.6 is 0 Å². The van der Waals surface area contributed by atoms with Crippen LogP contribution in [0.15, 0.2) is 30.3 Å². The van der Waals surface area contributed by atoms with E-state index in [2.05, 4.69) is 17.4 Å². The van der Waals surface area contributed by atoms with E-state index in [1.165, 1.54) is 5.56 Å². The molecule has 0 saturated heterocycles. The monoisotopic (exact) mass is 276 g/mol. The van der Waals surface area contributed by atoms with E-state index in [0.717, 1.165) is 12.8 Å². The zero-order valence-electron chi connectivity index (χ0n) is 12.4. The summed E-state index contributed by atoms with van der Waals surface area (Å²) < 4.78 is 0. The third kappa shape index (κ3) is 6.36. The first-order valence-corrected chi connectivity index (χ1v) is 7.19. The quantitative estimate of drug-likeness (QED) is 0.789. The summed E-state index contributed by atoms with van der Waals surface area (Å²) in [5.41, 5.74) is 1.22. The van der Waals surface area contributed by atoms with Crippen LogP contribution in [0.5, 0.6) is 0 Å². The third-order valence-electron chi connectivity index (χ3n) is 3.14. The van der Waals surface area contributed by atoms with Crippen molar-refractivity contribution in [1.29, 1.82) is 0 Å². The molecule has 0 unspecified atom stereocenters. The first kappa shape index (κ1) is 16.2. The number of carbonyl (C=O) groups is 2. The summed E-state index contributed by atoms with van der Waals surface area (Å²) in [6, 6.07) is 10.1. The number of amides is 2. The second kappa shape index (κ2) is 9.13. The molecule has 110 valence electrons. The van der Waals surface area contributed by atoms with Crippen LogP contribution in [0.1, 0.15) is 32.3 Å². The summed E-state index contributed by atoms with van der Waals surface area (Å²) >= 11 is 0. The minimum absolute atomic E-state index is 0.0469. The van der Waals surface area contributed by atoms with Gasteiger partial charge >= 0.3 is 0 Å². The van der Waals surface area contributed by atoms with Crippen LogP contribution in [0.2, 0.25) is 0 Å². The van der Waals surface area contributed by atoms with E-state index in [4.69, 9.17) is 0 Å². The van der Waals surface area contributed by atoms with Gasteiger partial charge in [-0.3, -0.25) is 9.59 Å².